The van der Waals surface area contributed by atoms with Gasteiger partial charge in [0.1, 0.15) is 5.75 Å². The molecule has 1 aromatic rings. The molecular formula is C20H34IN5O2. The molecule has 1 aromatic carbocycles. The van der Waals surface area contributed by atoms with Crippen molar-refractivity contribution in [2.75, 3.05) is 33.3 Å². The second-order valence-corrected chi connectivity index (χ2v) is 7.54. The summed E-state index contributed by atoms with van der Waals surface area (Å²) in [6, 6.07) is 7.58. The highest BCUT2D eigenvalue weighted by Gasteiger charge is 2.27. The molecule has 7 nitrogen and oxygen atoms in total. The molecule has 0 aliphatic carbocycles. The first-order valence-corrected chi connectivity index (χ1v) is 9.60. The van der Waals surface area contributed by atoms with Gasteiger partial charge in [-0.3, -0.25) is 14.7 Å². The van der Waals surface area contributed by atoms with Crippen LogP contribution < -0.4 is 21.1 Å². The van der Waals surface area contributed by atoms with E-state index in [2.05, 4.69) is 34.4 Å². The van der Waals surface area contributed by atoms with E-state index >= 15 is 0 Å². The van der Waals surface area contributed by atoms with Crippen LogP contribution in [-0.4, -0.2) is 55.6 Å². The Morgan fingerprint density at radius 1 is 1.25 bits per heavy atom. The van der Waals surface area contributed by atoms with Crippen molar-refractivity contribution in [3.8, 4) is 5.75 Å². The first kappa shape index (κ1) is 24.5. The van der Waals surface area contributed by atoms with Crippen molar-refractivity contribution in [1.82, 2.24) is 15.5 Å². The first-order valence-electron chi connectivity index (χ1n) is 9.60. The van der Waals surface area contributed by atoms with Gasteiger partial charge in [-0.1, -0.05) is 18.6 Å². The van der Waals surface area contributed by atoms with Gasteiger partial charge in [-0.15, -0.1) is 24.0 Å². The summed E-state index contributed by atoms with van der Waals surface area (Å²) in [6.45, 7) is 8.20. The third-order valence-corrected chi connectivity index (χ3v) is 4.86. The van der Waals surface area contributed by atoms with Gasteiger partial charge in [0.05, 0.1) is 0 Å². The van der Waals surface area contributed by atoms with Crippen molar-refractivity contribution >= 4 is 35.8 Å². The number of nitrogens with zero attached hydrogens (tertiary/aromatic N) is 2. The molecular weight excluding hydrogens is 469 g/mol. The summed E-state index contributed by atoms with van der Waals surface area (Å²) >= 11 is 0. The summed E-state index contributed by atoms with van der Waals surface area (Å²) in [5, 5.41) is 6.76. The van der Waals surface area contributed by atoms with Crippen molar-refractivity contribution in [3.05, 3.63) is 29.8 Å². The van der Waals surface area contributed by atoms with Crippen molar-refractivity contribution in [1.29, 1.82) is 0 Å². The lowest BCUT2D eigenvalue weighted by molar-refractivity contribution is -0.119. The molecule has 1 aliphatic rings. The van der Waals surface area contributed by atoms with Crippen LogP contribution in [-0.2, 0) is 11.3 Å². The predicted octanol–water partition coefficient (Wildman–Crippen LogP) is 2.10. The van der Waals surface area contributed by atoms with E-state index in [1.165, 1.54) is 32.4 Å². The molecule has 0 bridgehead atoms. The highest BCUT2D eigenvalue weighted by atomic mass is 127. The number of likely N-dealkylation sites (tertiary alicyclic amines) is 1. The van der Waals surface area contributed by atoms with Gasteiger partial charge >= 0.3 is 0 Å². The zero-order valence-electron chi connectivity index (χ0n) is 17.2. The largest absolute Gasteiger partial charge is 0.484 e. The number of carbonyl (C=O) groups is 1. The normalized spacial score (nSPS) is 15.5. The maximum absolute atomic E-state index is 10.8. The van der Waals surface area contributed by atoms with Gasteiger partial charge in [-0.25, -0.2) is 0 Å². The number of primary amides is 1. The lowest BCUT2D eigenvalue weighted by Crippen LogP contribution is -2.54. The molecule has 158 valence electrons. The van der Waals surface area contributed by atoms with Crippen molar-refractivity contribution in [3.63, 3.8) is 0 Å². The Kier molecular flexibility index (Phi) is 10.6. The Morgan fingerprint density at radius 2 is 1.96 bits per heavy atom. The Bertz CT molecular complexity index is 645. The molecule has 8 heteroatoms. The van der Waals surface area contributed by atoms with Crippen LogP contribution in [0.1, 0.15) is 38.7 Å². The van der Waals surface area contributed by atoms with Crippen LogP contribution >= 0.6 is 24.0 Å². The van der Waals surface area contributed by atoms with E-state index in [1.54, 1.807) is 13.1 Å². The maximum atomic E-state index is 10.8. The summed E-state index contributed by atoms with van der Waals surface area (Å²) in [5.74, 6) is 0.908. The summed E-state index contributed by atoms with van der Waals surface area (Å²) in [4.78, 5) is 17.7. The minimum Gasteiger partial charge on any atom is -0.484 e. The third-order valence-electron chi connectivity index (χ3n) is 4.86. The van der Waals surface area contributed by atoms with E-state index in [0.29, 0.717) is 12.3 Å². The summed E-state index contributed by atoms with van der Waals surface area (Å²) in [6.07, 6.45) is 3.90. The number of halogens is 1. The van der Waals surface area contributed by atoms with E-state index < -0.39 is 5.91 Å². The number of nitrogens with two attached hydrogens (primary N) is 1. The Balaban J connectivity index is 0.00000392. The van der Waals surface area contributed by atoms with Gasteiger partial charge in [0.15, 0.2) is 12.6 Å². The summed E-state index contributed by atoms with van der Waals surface area (Å²) < 4.78 is 5.35. The SMILES string of the molecule is CN=C(NCc1cccc(OCC(N)=O)c1)NCC(C)(C)N1CCCCC1.I. The molecule has 1 fully saturated rings. The van der Waals surface area contributed by atoms with Crippen LogP contribution in [0.2, 0.25) is 0 Å². The van der Waals surface area contributed by atoms with Gasteiger partial charge in [0.25, 0.3) is 5.91 Å². The zero-order chi connectivity index (χ0) is 19.7. The molecule has 0 aromatic heterocycles. The number of amides is 1. The second kappa shape index (κ2) is 12.1. The molecule has 28 heavy (non-hydrogen) atoms. The lowest BCUT2D eigenvalue weighted by atomic mass is 9.98. The van der Waals surface area contributed by atoms with Crippen LogP contribution in [0.25, 0.3) is 0 Å². The summed E-state index contributed by atoms with van der Waals surface area (Å²) in [5.41, 5.74) is 6.23. The Hall–Kier alpha value is -1.55. The van der Waals surface area contributed by atoms with E-state index in [9.17, 15) is 4.79 Å². The number of rotatable bonds is 8. The first-order chi connectivity index (χ1) is 12.9. The average molecular weight is 503 g/mol. The monoisotopic (exact) mass is 503 g/mol. The Labute approximate surface area is 185 Å². The number of benzene rings is 1. The van der Waals surface area contributed by atoms with Crippen molar-refractivity contribution in [2.24, 2.45) is 10.7 Å². The highest BCUT2D eigenvalue weighted by molar-refractivity contribution is 14.0. The quantitative estimate of drug-likeness (QED) is 0.287. The van der Waals surface area contributed by atoms with Crippen LogP contribution in [0.15, 0.2) is 29.3 Å². The van der Waals surface area contributed by atoms with E-state index in [0.717, 1.165) is 18.1 Å². The van der Waals surface area contributed by atoms with Crippen LogP contribution in [0, 0.1) is 0 Å². The van der Waals surface area contributed by atoms with Crippen molar-refractivity contribution < 1.29 is 9.53 Å². The molecule has 0 atom stereocenters. The van der Waals surface area contributed by atoms with E-state index in [-0.39, 0.29) is 36.1 Å². The molecule has 0 saturated carbocycles. The zero-order valence-corrected chi connectivity index (χ0v) is 19.5. The fraction of sp³-hybridized carbons (Fsp3) is 0.600. The molecule has 1 amide bonds. The molecule has 0 unspecified atom stereocenters. The molecule has 1 aliphatic heterocycles. The smallest absolute Gasteiger partial charge is 0.255 e. The molecule has 2 rings (SSSR count). The third kappa shape index (κ3) is 8.22. The van der Waals surface area contributed by atoms with E-state index in [4.69, 9.17) is 10.5 Å². The second-order valence-electron chi connectivity index (χ2n) is 7.54. The predicted molar refractivity (Wildman–Crippen MR) is 124 cm³/mol. The molecule has 0 radical (unpaired) electrons. The highest BCUT2D eigenvalue weighted by Crippen LogP contribution is 2.19. The van der Waals surface area contributed by atoms with E-state index in [1.807, 2.05) is 18.2 Å². The number of nitrogens with one attached hydrogen (secondary N) is 2. The van der Waals surface area contributed by atoms with Gasteiger partial charge in [-0.05, 0) is 57.5 Å². The molecule has 1 saturated heterocycles. The molecule has 4 N–H and O–H groups in total. The number of hydrogen-bond acceptors (Lipinski definition) is 4. The maximum Gasteiger partial charge on any atom is 0.255 e. The average Bonchev–Trinajstić information content (AvgIpc) is 2.67. The lowest BCUT2D eigenvalue weighted by Gasteiger charge is -2.41. The fourth-order valence-electron chi connectivity index (χ4n) is 3.22. The summed E-state index contributed by atoms with van der Waals surface area (Å²) in [7, 11) is 1.77. The van der Waals surface area contributed by atoms with Gasteiger partial charge in [0, 0.05) is 25.7 Å². The topological polar surface area (TPSA) is 92.0 Å². The minimum atomic E-state index is -0.487. The van der Waals surface area contributed by atoms with Crippen LogP contribution in [0.4, 0.5) is 0 Å². The fourth-order valence-corrected chi connectivity index (χ4v) is 3.22. The number of guanidine groups is 1. The standard InChI is InChI=1S/C20H33N5O2.HI/c1-20(2,25-10-5-4-6-11-25)15-24-19(22-3)23-13-16-8-7-9-17(12-16)27-14-18(21)26;/h7-9,12H,4-6,10-11,13-15H2,1-3H3,(H2,21,26)(H2,22,23,24);1H. The molecule has 1 heterocycles. The van der Waals surface area contributed by atoms with Crippen molar-refractivity contribution in [2.45, 2.75) is 45.2 Å². The number of carbonyl (C=O) groups excluding carboxylic acids is 1. The van der Waals surface area contributed by atoms with Gasteiger partial charge < -0.3 is 21.1 Å². The number of hydrogen-bond donors (Lipinski definition) is 3. The van der Waals surface area contributed by atoms with Gasteiger partial charge in [0.2, 0.25) is 0 Å². The number of piperidine rings is 1. The molecule has 0 spiro atoms. The Morgan fingerprint density at radius 3 is 2.61 bits per heavy atom. The number of ether oxygens (including phenoxy) is 1. The van der Waals surface area contributed by atoms with Crippen LogP contribution in [0.3, 0.4) is 0 Å². The minimum absolute atomic E-state index is 0. The number of aliphatic imine (C=N–C) groups is 1. The van der Waals surface area contributed by atoms with Crippen LogP contribution in [0.5, 0.6) is 5.75 Å². The van der Waals surface area contributed by atoms with Gasteiger partial charge in [-0.2, -0.15) is 0 Å².